The highest BCUT2D eigenvalue weighted by Gasteiger charge is 2.40. The molecular formula is C17H18N2O2. The molecule has 0 spiro atoms. The van der Waals surface area contributed by atoms with Crippen molar-refractivity contribution in [2.45, 2.75) is 18.5 Å². The number of carboxylic acid groups (broad SMARTS) is 1. The normalized spacial score (nSPS) is 24.9. The van der Waals surface area contributed by atoms with E-state index in [0.717, 1.165) is 17.5 Å². The van der Waals surface area contributed by atoms with Gasteiger partial charge >= 0.3 is 5.97 Å². The Kier molecular flexibility index (Phi) is 3.99. The number of carbonyl (C=O) groups is 1. The maximum atomic E-state index is 11.5. The summed E-state index contributed by atoms with van der Waals surface area (Å²) >= 11 is 0. The van der Waals surface area contributed by atoms with Crippen molar-refractivity contribution in [3.05, 3.63) is 71.8 Å². The lowest BCUT2D eigenvalue weighted by Gasteiger charge is -2.21. The smallest absolute Gasteiger partial charge is 0.322 e. The van der Waals surface area contributed by atoms with Crippen molar-refractivity contribution in [1.82, 2.24) is 10.9 Å². The number of benzene rings is 2. The van der Waals surface area contributed by atoms with Gasteiger partial charge in [-0.3, -0.25) is 4.79 Å². The molecule has 2 aromatic rings. The second kappa shape index (κ2) is 6.08. The van der Waals surface area contributed by atoms with Crippen LogP contribution in [0, 0.1) is 5.92 Å². The number of nitrogens with one attached hydrogen (secondary N) is 2. The third-order valence-electron chi connectivity index (χ3n) is 3.99. The lowest BCUT2D eigenvalue weighted by molar-refractivity contribution is -0.140. The summed E-state index contributed by atoms with van der Waals surface area (Å²) < 4.78 is 0. The molecule has 3 unspecified atom stereocenters. The molecule has 0 saturated carbocycles. The molecule has 108 valence electrons. The van der Waals surface area contributed by atoms with Crippen molar-refractivity contribution in [2.75, 3.05) is 0 Å². The van der Waals surface area contributed by atoms with Gasteiger partial charge in [0.15, 0.2) is 0 Å². The molecule has 3 atom stereocenters. The van der Waals surface area contributed by atoms with Crippen molar-refractivity contribution in [2.24, 2.45) is 5.92 Å². The molecule has 1 aliphatic rings. The lowest BCUT2D eigenvalue weighted by atomic mass is 9.84. The standard InChI is InChI=1S/C17H18N2O2/c20-17(21)16-14(11-12-7-3-1-4-8-12)15(18-19-16)13-9-5-2-6-10-13/h1-10,14-16,18-19H,11H2,(H,20,21). The highest BCUT2D eigenvalue weighted by molar-refractivity contribution is 5.74. The summed E-state index contributed by atoms with van der Waals surface area (Å²) in [6, 6.07) is 19.4. The van der Waals surface area contributed by atoms with Gasteiger partial charge in [0, 0.05) is 5.92 Å². The molecule has 0 aliphatic carbocycles. The van der Waals surface area contributed by atoms with Gasteiger partial charge in [-0.25, -0.2) is 10.9 Å². The number of hydrazine groups is 1. The van der Waals surface area contributed by atoms with Crippen LogP contribution in [-0.4, -0.2) is 17.1 Å². The highest BCUT2D eigenvalue weighted by atomic mass is 16.4. The maximum absolute atomic E-state index is 11.5. The molecule has 3 N–H and O–H groups in total. The molecule has 1 saturated heterocycles. The minimum Gasteiger partial charge on any atom is -0.480 e. The Balaban J connectivity index is 1.88. The van der Waals surface area contributed by atoms with Crippen LogP contribution in [0.2, 0.25) is 0 Å². The molecule has 4 heteroatoms. The van der Waals surface area contributed by atoms with E-state index in [2.05, 4.69) is 10.9 Å². The largest absolute Gasteiger partial charge is 0.480 e. The first kappa shape index (κ1) is 13.8. The van der Waals surface area contributed by atoms with Gasteiger partial charge in [0.1, 0.15) is 6.04 Å². The van der Waals surface area contributed by atoms with Gasteiger partial charge in [0.25, 0.3) is 0 Å². The fourth-order valence-corrected chi connectivity index (χ4v) is 2.94. The number of hydrogen-bond donors (Lipinski definition) is 3. The third-order valence-corrected chi connectivity index (χ3v) is 3.99. The average Bonchev–Trinajstić information content (AvgIpc) is 2.93. The maximum Gasteiger partial charge on any atom is 0.322 e. The molecule has 3 rings (SSSR count). The van der Waals surface area contributed by atoms with Crippen LogP contribution in [0.4, 0.5) is 0 Å². The SMILES string of the molecule is O=C(O)C1NNC(c2ccccc2)C1Cc1ccccc1. The quantitative estimate of drug-likeness (QED) is 0.804. The Morgan fingerprint density at radius 1 is 0.952 bits per heavy atom. The summed E-state index contributed by atoms with van der Waals surface area (Å²) in [7, 11) is 0. The summed E-state index contributed by atoms with van der Waals surface area (Å²) in [6.45, 7) is 0. The van der Waals surface area contributed by atoms with Gasteiger partial charge in [-0.05, 0) is 17.5 Å². The van der Waals surface area contributed by atoms with Crippen molar-refractivity contribution in [1.29, 1.82) is 0 Å². The van der Waals surface area contributed by atoms with Crippen molar-refractivity contribution in [3.63, 3.8) is 0 Å². The highest BCUT2D eigenvalue weighted by Crippen LogP contribution is 2.31. The minimum atomic E-state index is -0.818. The molecule has 2 aromatic carbocycles. The van der Waals surface area contributed by atoms with E-state index in [1.165, 1.54) is 0 Å². The Bertz CT molecular complexity index is 601. The molecule has 4 nitrogen and oxygen atoms in total. The van der Waals surface area contributed by atoms with Crippen LogP contribution in [0.5, 0.6) is 0 Å². The second-order valence-corrected chi connectivity index (χ2v) is 5.35. The topological polar surface area (TPSA) is 61.4 Å². The summed E-state index contributed by atoms with van der Waals surface area (Å²) in [5.41, 5.74) is 8.33. The zero-order chi connectivity index (χ0) is 14.7. The zero-order valence-corrected chi connectivity index (χ0v) is 11.6. The van der Waals surface area contributed by atoms with Crippen LogP contribution >= 0.6 is 0 Å². The van der Waals surface area contributed by atoms with Crippen LogP contribution in [0.1, 0.15) is 17.2 Å². The summed E-state index contributed by atoms with van der Waals surface area (Å²) in [5.74, 6) is -0.853. The molecule has 21 heavy (non-hydrogen) atoms. The van der Waals surface area contributed by atoms with E-state index < -0.39 is 12.0 Å². The van der Waals surface area contributed by atoms with E-state index >= 15 is 0 Å². The molecule has 1 aliphatic heterocycles. The van der Waals surface area contributed by atoms with Gasteiger partial charge in [-0.1, -0.05) is 60.7 Å². The molecule has 1 fully saturated rings. The average molecular weight is 282 g/mol. The van der Waals surface area contributed by atoms with Crippen LogP contribution in [0.3, 0.4) is 0 Å². The number of rotatable bonds is 4. The first-order valence-electron chi connectivity index (χ1n) is 7.08. The van der Waals surface area contributed by atoms with Crippen LogP contribution < -0.4 is 10.9 Å². The van der Waals surface area contributed by atoms with Crippen molar-refractivity contribution < 1.29 is 9.90 Å². The lowest BCUT2D eigenvalue weighted by Crippen LogP contribution is -2.39. The van der Waals surface area contributed by atoms with Gasteiger partial charge in [-0.2, -0.15) is 0 Å². The van der Waals surface area contributed by atoms with Crippen LogP contribution in [0.25, 0.3) is 0 Å². The predicted octanol–water partition coefficient (Wildman–Crippen LogP) is 2.15. The predicted molar refractivity (Wildman–Crippen MR) is 80.5 cm³/mol. The Morgan fingerprint density at radius 3 is 2.19 bits per heavy atom. The first-order valence-corrected chi connectivity index (χ1v) is 7.08. The van der Waals surface area contributed by atoms with Crippen LogP contribution in [0.15, 0.2) is 60.7 Å². The van der Waals surface area contributed by atoms with E-state index in [9.17, 15) is 9.90 Å². The molecule has 0 bridgehead atoms. The fourth-order valence-electron chi connectivity index (χ4n) is 2.94. The minimum absolute atomic E-state index is 0.00694. The van der Waals surface area contributed by atoms with Crippen LogP contribution in [-0.2, 0) is 11.2 Å². The fraction of sp³-hybridized carbons (Fsp3) is 0.235. The Labute approximate surface area is 123 Å². The van der Waals surface area contributed by atoms with Gasteiger partial charge < -0.3 is 5.11 Å². The van der Waals surface area contributed by atoms with E-state index in [-0.39, 0.29) is 12.0 Å². The van der Waals surface area contributed by atoms with Gasteiger partial charge in [0.05, 0.1) is 6.04 Å². The Hall–Kier alpha value is -2.17. The van der Waals surface area contributed by atoms with E-state index in [1.807, 2.05) is 60.7 Å². The molecule has 1 heterocycles. The monoisotopic (exact) mass is 282 g/mol. The van der Waals surface area contributed by atoms with Crippen molar-refractivity contribution in [3.8, 4) is 0 Å². The van der Waals surface area contributed by atoms with Crippen molar-refractivity contribution >= 4 is 5.97 Å². The van der Waals surface area contributed by atoms with E-state index in [4.69, 9.17) is 0 Å². The summed E-state index contributed by atoms with van der Waals surface area (Å²) in [6.07, 6.45) is 0.720. The van der Waals surface area contributed by atoms with E-state index in [0.29, 0.717) is 0 Å². The number of aliphatic carboxylic acids is 1. The molecule has 0 amide bonds. The van der Waals surface area contributed by atoms with E-state index in [1.54, 1.807) is 0 Å². The van der Waals surface area contributed by atoms with Gasteiger partial charge in [0.2, 0.25) is 0 Å². The third kappa shape index (κ3) is 2.96. The first-order chi connectivity index (χ1) is 10.3. The number of carboxylic acids is 1. The second-order valence-electron chi connectivity index (χ2n) is 5.35. The zero-order valence-electron chi connectivity index (χ0n) is 11.6. The molecule has 0 aromatic heterocycles. The van der Waals surface area contributed by atoms with Gasteiger partial charge in [-0.15, -0.1) is 0 Å². The molecule has 0 radical (unpaired) electrons. The Morgan fingerprint density at radius 2 is 1.57 bits per heavy atom. The number of hydrogen-bond acceptors (Lipinski definition) is 3. The summed E-state index contributed by atoms with van der Waals surface area (Å²) in [5, 5.41) is 9.42. The molecular weight excluding hydrogens is 264 g/mol. The summed E-state index contributed by atoms with van der Waals surface area (Å²) in [4.78, 5) is 11.5.